The lowest BCUT2D eigenvalue weighted by Gasteiger charge is -2.27. The van der Waals surface area contributed by atoms with Gasteiger partial charge in [0, 0.05) is 0 Å². The van der Waals surface area contributed by atoms with Crippen molar-refractivity contribution in [1.82, 2.24) is 9.55 Å². The summed E-state index contributed by atoms with van der Waals surface area (Å²) in [5, 5.41) is 0. The Morgan fingerprint density at radius 2 is 2.30 bits per heavy atom. The number of ether oxygens (including phenoxy) is 1. The molecule has 1 heterocycles. The van der Waals surface area contributed by atoms with Crippen LogP contribution in [0.2, 0.25) is 0 Å². The molecule has 1 atom stereocenters. The highest BCUT2D eigenvalue weighted by Crippen LogP contribution is 2.33. The van der Waals surface area contributed by atoms with E-state index >= 15 is 0 Å². The highest BCUT2D eigenvalue weighted by molar-refractivity contribution is 5.87. The summed E-state index contributed by atoms with van der Waals surface area (Å²) in [6, 6.07) is 8.62. The number of benzene rings is 1. The van der Waals surface area contributed by atoms with Crippen molar-refractivity contribution < 1.29 is 9.53 Å². The Labute approximate surface area is 118 Å². The van der Waals surface area contributed by atoms with Crippen molar-refractivity contribution in [1.29, 1.82) is 0 Å². The fourth-order valence-electron chi connectivity index (χ4n) is 2.93. The molecular weight excluding hydrogens is 252 g/mol. The van der Waals surface area contributed by atoms with E-state index in [9.17, 15) is 4.79 Å². The molecule has 1 aliphatic rings. The monoisotopic (exact) mass is 270 g/mol. The van der Waals surface area contributed by atoms with E-state index in [1.807, 2.05) is 11.5 Å². The van der Waals surface area contributed by atoms with Gasteiger partial charge in [-0.1, -0.05) is 24.3 Å². The summed E-state index contributed by atoms with van der Waals surface area (Å²) in [5.41, 5.74) is 3.20. The normalized spacial score (nSPS) is 17.6. The zero-order chi connectivity index (χ0) is 13.9. The van der Waals surface area contributed by atoms with Gasteiger partial charge in [0.15, 0.2) is 0 Å². The average molecular weight is 270 g/mol. The third kappa shape index (κ3) is 2.22. The minimum atomic E-state index is -0.298. The van der Waals surface area contributed by atoms with Gasteiger partial charge in [-0.15, -0.1) is 0 Å². The summed E-state index contributed by atoms with van der Waals surface area (Å²) >= 11 is 0. The second-order valence-electron chi connectivity index (χ2n) is 5.01. The van der Waals surface area contributed by atoms with E-state index in [0.29, 0.717) is 12.3 Å². The van der Waals surface area contributed by atoms with Crippen molar-refractivity contribution in [3.63, 3.8) is 0 Å². The number of hydrogen-bond donors (Lipinski definition) is 0. The first-order valence-electron chi connectivity index (χ1n) is 7.08. The number of esters is 1. The van der Waals surface area contributed by atoms with E-state index in [0.717, 1.165) is 19.3 Å². The molecule has 20 heavy (non-hydrogen) atoms. The van der Waals surface area contributed by atoms with Gasteiger partial charge in [-0.2, -0.15) is 0 Å². The molecule has 0 saturated carbocycles. The van der Waals surface area contributed by atoms with Crippen LogP contribution in [0.25, 0.3) is 0 Å². The van der Waals surface area contributed by atoms with Crippen LogP contribution in [-0.2, 0) is 11.2 Å². The minimum Gasteiger partial charge on any atom is -0.461 e. The van der Waals surface area contributed by atoms with Crippen LogP contribution in [0.15, 0.2) is 36.8 Å². The van der Waals surface area contributed by atoms with Crippen LogP contribution in [0.3, 0.4) is 0 Å². The van der Waals surface area contributed by atoms with Crippen molar-refractivity contribution in [2.45, 2.75) is 32.2 Å². The molecule has 0 amide bonds. The molecule has 0 spiro atoms. The highest BCUT2D eigenvalue weighted by atomic mass is 16.5. The Balaban J connectivity index is 1.99. The van der Waals surface area contributed by atoms with Crippen LogP contribution in [0.4, 0.5) is 0 Å². The molecule has 0 fully saturated rings. The molecule has 0 radical (unpaired) electrons. The Bertz CT molecular complexity index is 618. The number of imidazole rings is 1. The maximum absolute atomic E-state index is 12.0. The van der Waals surface area contributed by atoms with Gasteiger partial charge in [-0.3, -0.25) is 0 Å². The Morgan fingerprint density at radius 3 is 3.15 bits per heavy atom. The van der Waals surface area contributed by atoms with Gasteiger partial charge in [-0.05, 0) is 37.3 Å². The minimum absolute atomic E-state index is 0.182. The summed E-state index contributed by atoms with van der Waals surface area (Å²) in [6.07, 6.45) is 6.59. The fourth-order valence-corrected chi connectivity index (χ4v) is 2.93. The van der Waals surface area contributed by atoms with Crippen LogP contribution >= 0.6 is 0 Å². The maximum atomic E-state index is 12.0. The summed E-state index contributed by atoms with van der Waals surface area (Å²) in [7, 11) is 0. The van der Waals surface area contributed by atoms with E-state index in [1.165, 1.54) is 11.1 Å². The molecule has 4 heteroatoms. The Morgan fingerprint density at radius 1 is 1.45 bits per heavy atom. The Kier molecular flexibility index (Phi) is 3.54. The third-order valence-electron chi connectivity index (χ3n) is 3.82. The van der Waals surface area contributed by atoms with Gasteiger partial charge in [0.2, 0.25) is 0 Å². The molecule has 104 valence electrons. The van der Waals surface area contributed by atoms with Gasteiger partial charge < -0.3 is 9.30 Å². The first kappa shape index (κ1) is 12.9. The standard InChI is InChI=1S/C16H18N2O2/c1-2-20-16(19)15-10-17-11-18(15)14-9-5-7-12-6-3-4-8-13(12)14/h3-4,6,8,10-11,14H,2,5,7,9H2,1H3/t14-/m0/s1. The Hall–Kier alpha value is -2.10. The zero-order valence-corrected chi connectivity index (χ0v) is 11.6. The highest BCUT2D eigenvalue weighted by Gasteiger charge is 2.25. The van der Waals surface area contributed by atoms with Gasteiger partial charge >= 0.3 is 5.97 Å². The van der Waals surface area contributed by atoms with Gasteiger partial charge in [-0.25, -0.2) is 9.78 Å². The van der Waals surface area contributed by atoms with E-state index in [1.54, 1.807) is 12.5 Å². The van der Waals surface area contributed by atoms with E-state index in [-0.39, 0.29) is 12.0 Å². The number of hydrogen-bond acceptors (Lipinski definition) is 3. The number of rotatable bonds is 3. The lowest BCUT2D eigenvalue weighted by atomic mass is 9.87. The van der Waals surface area contributed by atoms with Crippen LogP contribution in [0.1, 0.15) is 47.4 Å². The van der Waals surface area contributed by atoms with Crippen molar-refractivity contribution in [3.8, 4) is 0 Å². The number of fused-ring (bicyclic) bond motifs is 1. The van der Waals surface area contributed by atoms with Crippen LogP contribution in [0.5, 0.6) is 0 Å². The number of nitrogens with zero attached hydrogens (tertiary/aromatic N) is 2. The number of carbonyl (C=O) groups is 1. The van der Waals surface area contributed by atoms with Crippen LogP contribution < -0.4 is 0 Å². The summed E-state index contributed by atoms with van der Waals surface area (Å²) in [6.45, 7) is 2.19. The number of aryl methyl sites for hydroxylation is 1. The first-order chi connectivity index (χ1) is 9.81. The lowest BCUT2D eigenvalue weighted by molar-refractivity contribution is 0.0512. The number of aromatic nitrogens is 2. The fraction of sp³-hybridized carbons (Fsp3) is 0.375. The molecule has 0 saturated heterocycles. The SMILES string of the molecule is CCOC(=O)c1cncn1[C@H]1CCCc2ccccc21. The van der Waals surface area contributed by atoms with Crippen molar-refractivity contribution in [3.05, 3.63) is 53.6 Å². The smallest absolute Gasteiger partial charge is 0.356 e. The molecular formula is C16H18N2O2. The maximum Gasteiger partial charge on any atom is 0.356 e. The van der Waals surface area contributed by atoms with Crippen LogP contribution in [-0.4, -0.2) is 22.1 Å². The molecule has 1 aliphatic carbocycles. The van der Waals surface area contributed by atoms with E-state index in [2.05, 4.69) is 29.2 Å². The topological polar surface area (TPSA) is 44.1 Å². The molecule has 2 aromatic rings. The third-order valence-corrected chi connectivity index (χ3v) is 3.82. The van der Waals surface area contributed by atoms with Crippen molar-refractivity contribution in [2.24, 2.45) is 0 Å². The summed E-state index contributed by atoms with van der Waals surface area (Å²) < 4.78 is 7.06. The molecule has 4 nitrogen and oxygen atoms in total. The van der Waals surface area contributed by atoms with E-state index in [4.69, 9.17) is 4.74 Å². The molecule has 0 bridgehead atoms. The van der Waals surface area contributed by atoms with Gasteiger partial charge in [0.25, 0.3) is 0 Å². The number of carbonyl (C=O) groups excluding carboxylic acids is 1. The quantitative estimate of drug-likeness (QED) is 0.805. The van der Waals surface area contributed by atoms with Gasteiger partial charge in [0.1, 0.15) is 5.69 Å². The summed E-state index contributed by atoms with van der Waals surface area (Å²) in [5.74, 6) is -0.298. The van der Waals surface area contributed by atoms with Crippen molar-refractivity contribution >= 4 is 5.97 Å². The molecule has 1 aromatic carbocycles. The predicted molar refractivity (Wildman–Crippen MR) is 75.7 cm³/mol. The second-order valence-corrected chi connectivity index (χ2v) is 5.01. The summed E-state index contributed by atoms with van der Waals surface area (Å²) in [4.78, 5) is 16.1. The molecule has 3 rings (SSSR count). The average Bonchev–Trinajstić information content (AvgIpc) is 2.96. The molecule has 1 aromatic heterocycles. The molecule has 0 unspecified atom stereocenters. The zero-order valence-electron chi connectivity index (χ0n) is 11.6. The lowest BCUT2D eigenvalue weighted by Crippen LogP contribution is -2.21. The largest absolute Gasteiger partial charge is 0.461 e. The van der Waals surface area contributed by atoms with E-state index < -0.39 is 0 Å². The van der Waals surface area contributed by atoms with Crippen molar-refractivity contribution in [2.75, 3.05) is 6.61 Å². The second kappa shape index (κ2) is 5.49. The van der Waals surface area contributed by atoms with Crippen LogP contribution in [0, 0.1) is 0 Å². The first-order valence-corrected chi connectivity index (χ1v) is 7.08. The molecule has 0 aliphatic heterocycles. The molecule has 0 N–H and O–H groups in total. The predicted octanol–water partition coefficient (Wildman–Crippen LogP) is 2.99. The van der Waals surface area contributed by atoms with Gasteiger partial charge in [0.05, 0.1) is 25.2 Å².